The van der Waals surface area contributed by atoms with Gasteiger partial charge in [0.1, 0.15) is 5.69 Å². The van der Waals surface area contributed by atoms with Gasteiger partial charge in [-0.3, -0.25) is 4.79 Å². The van der Waals surface area contributed by atoms with Crippen molar-refractivity contribution in [2.45, 2.75) is 12.2 Å². The number of hydrogen-bond acceptors (Lipinski definition) is 3. The van der Waals surface area contributed by atoms with Crippen LogP contribution in [-0.2, 0) is 6.18 Å². The van der Waals surface area contributed by atoms with Crippen LogP contribution in [0.15, 0.2) is 60.7 Å². The highest BCUT2D eigenvalue weighted by molar-refractivity contribution is 7.99. The van der Waals surface area contributed by atoms with Gasteiger partial charge in [0.2, 0.25) is 0 Å². The maximum Gasteiger partial charge on any atom is 0.416 e. The molecule has 1 atom stereocenters. The van der Waals surface area contributed by atoms with Gasteiger partial charge < -0.3 is 4.90 Å². The Bertz CT molecular complexity index is 1020. The third-order valence-electron chi connectivity index (χ3n) is 4.81. The number of para-hydroxylation sites is 1. The molecule has 2 heterocycles. The van der Waals surface area contributed by atoms with Crippen LogP contribution in [0.3, 0.4) is 0 Å². The number of benzene rings is 2. The summed E-state index contributed by atoms with van der Waals surface area (Å²) in [6, 6.07) is 15.9. The first-order valence-electron chi connectivity index (χ1n) is 8.85. The molecule has 3 nitrogen and oxygen atoms in total. The Kier molecular flexibility index (Phi) is 5.02. The number of amides is 1. The zero-order chi connectivity index (χ0) is 19.7. The van der Waals surface area contributed by atoms with E-state index in [1.54, 1.807) is 28.8 Å². The van der Waals surface area contributed by atoms with E-state index in [1.165, 1.54) is 6.07 Å². The molecule has 1 aliphatic heterocycles. The molecule has 144 valence electrons. The van der Waals surface area contributed by atoms with Crippen LogP contribution < -0.4 is 0 Å². The molecule has 2 aromatic carbocycles. The molecule has 1 aromatic heterocycles. The average Bonchev–Trinajstić information content (AvgIpc) is 2.72. The highest BCUT2D eigenvalue weighted by atomic mass is 32.2. The van der Waals surface area contributed by atoms with Gasteiger partial charge >= 0.3 is 6.18 Å². The number of hydrogen-bond donors (Lipinski definition) is 0. The normalized spacial score (nSPS) is 17.7. The molecular weight excluding hydrogens is 385 g/mol. The van der Waals surface area contributed by atoms with Gasteiger partial charge in [0.05, 0.1) is 17.1 Å². The molecule has 0 radical (unpaired) electrons. The molecule has 7 heteroatoms. The van der Waals surface area contributed by atoms with E-state index in [-0.39, 0.29) is 5.91 Å². The summed E-state index contributed by atoms with van der Waals surface area (Å²) in [6.45, 7) is 0.471. The summed E-state index contributed by atoms with van der Waals surface area (Å²) in [5.41, 5.74) is 0.825. The van der Waals surface area contributed by atoms with E-state index in [4.69, 9.17) is 0 Å². The second kappa shape index (κ2) is 7.47. The maximum atomic E-state index is 13.1. The van der Waals surface area contributed by atoms with Crippen LogP contribution in [-0.4, -0.2) is 33.8 Å². The zero-order valence-electron chi connectivity index (χ0n) is 14.8. The van der Waals surface area contributed by atoms with Gasteiger partial charge in [-0.2, -0.15) is 24.9 Å². The quantitative estimate of drug-likeness (QED) is 0.592. The van der Waals surface area contributed by atoms with E-state index in [0.29, 0.717) is 23.6 Å². The SMILES string of the molecule is O=C(c1ccc2ccccc2n1)N1CCSCC1c1cccc(C(F)(F)F)c1. The summed E-state index contributed by atoms with van der Waals surface area (Å²) in [7, 11) is 0. The van der Waals surface area contributed by atoms with Gasteiger partial charge in [0.15, 0.2) is 0 Å². The van der Waals surface area contributed by atoms with Crippen LogP contribution in [0.2, 0.25) is 0 Å². The molecule has 1 fully saturated rings. The fourth-order valence-corrected chi connectivity index (χ4v) is 4.47. The molecule has 1 aliphatic rings. The molecule has 1 unspecified atom stereocenters. The second-order valence-electron chi connectivity index (χ2n) is 6.60. The molecule has 1 saturated heterocycles. The van der Waals surface area contributed by atoms with Crippen LogP contribution in [0, 0.1) is 0 Å². The van der Waals surface area contributed by atoms with E-state index in [2.05, 4.69) is 4.98 Å². The highest BCUT2D eigenvalue weighted by Crippen LogP contribution is 2.35. The first kappa shape index (κ1) is 18.8. The third kappa shape index (κ3) is 3.71. The van der Waals surface area contributed by atoms with Crippen molar-refractivity contribution in [3.63, 3.8) is 0 Å². The van der Waals surface area contributed by atoms with E-state index in [9.17, 15) is 18.0 Å². The van der Waals surface area contributed by atoms with Crippen LogP contribution in [0.4, 0.5) is 13.2 Å². The van der Waals surface area contributed by atoms with E-state index < -0.39 is 17.8 Å². The summed E-state index contributed by atoms with van der Waals surface area (Å²) in [5.74, 6) is 1.04. The van der Waals surface area contributed by atoms with Crippen LogP contribution in [0.5, 0.6) is 0 Å². The predicted molar refractivity (Wildman–Crippen MR) is 104 cm³/mol. The zero-order valence-corrected chi connectivity index (χ0v) is 15.6. The number of halogens is 3. The molecule has 0 spiro atoms. The van der Waals surface area contributed by atoms with Crippen molar-refractivity contribution in [2.75, 3.05) is 18.1 Å². The lowest BCUT2D eigenvalue weighted by Gasteiger charge is -2.35. The smallest absolute Gasteiger partial charge is 0.329 e. The first-order valence-corrected chi connectivity index (χ1v) is 10.0. The molecule has 0 saturated carbocycles. The minimum Gasteiger partial charge on any atom is -0.329 e. The van der Waals surface area contributed by atoms with Crippen molar-refractivity contribution < 1.29 is 18.0 Å². The van der Waals surface area contributed by atoms with Crippen molar-refractivity contribution in [2.24, 2.45) is 0 Å². The topological polar surface area (TPSA) is 33.2 Å². The second-order valence-corrected chi connectivity index (χ2v) is 7.75. The molecule has 0 bridgehead atoms. The number of thioether (sulfide) groups is 1. The average molecular weight is 402 g/mol. The predicted octanol–water partition coefficient (Wildman–Crippen LogP) is 5.18. The number of alkyl halides is 3. The molecule has 0 N–H and O–H groups in total. The largest absolute Gasteiger partial charge is 0.416 e. The van der Waals surface area contributed by atoms with Gasteiger partial charge in [-0.05, 0) is 29.8 Å². The fourth-order valence-electron chi connectivity index (χ4n) is 3.38. The Balaban J connectivity index is 1.67. The van der Waals surface area contributed by atoms with Crippen molar-refractivity contribution in [1.82, 2.24) is 9.88 Å². The number of carbonyl (C=O) groups is 1. The number of aromatic nitrogens is 1. The van der Waals surface area contributed by atoms with Crippen LogP contribution in [0.25, 0.3) is 10.9 Å². The lowest BCUT2D eigenvalue weighted by atomic mass is 10.0. The molecule has 3 aromatic rings. The third-order valence-corrected chi connectivity index (χ3v) is 5.83. The maximum absolute atomic E-state index is 13.1. The van der Waals surface area contributed by atoms with Gasteiger partial charge in [0, 0.05) is 23.4 Å². The molecule has 4 rings (SSSR count). The number of carbonyl (C=O) groups excluding carboxylic acids is 1. The number of fused-ring (bicyclic) bond motifs is 1. The van der Waals surface area contributed by atoms with Gasteiger partial charge in [-0.1, -0.05) is 36.4 Å². The Hall–Kier alpha value is -2.54. The molecule has 28 heavy (non-hydrogen) atoms. The number of nitrogens with zero attached hydrogens (tertiary/aromatic N) is 2. The van der Waals surface area contributed by atoms with E-state index >= 15 is 0 Å². The van der Waals surface area contributed by atoms with Crippen LogP contribution >= 0.6 is 11.8 Å². The molecular formula is C21H17F3N2OS. The minimum atomic E-state index is -4.41. The van der Waals surface area contributed by atoms with Gasteiger partial charge in [-0.25, -0.2) is 4.98 Å². The minimum absolute atomic E-state index is 0.256. The summed E-state index contributed by atoms with van der Waals surface area (Å²) >= 11 is 1.63. The first-order chi connectivity index (χ1) is 13.4. The standard InChI is InChI=1S/C21H17F3N2OS/c22-21(23,24)16-6-3-5-15(12-16)19-13-28-11-10-26(19)20(27)18-9-8-14-4-1-2-7-17(14)25-18/h1-9,12,19H,10-11,13H2. The summed E-state index contributed by atoms with van der Waals surface area (Å²) in [6.07, 6.45) is -4.41. The van der Waals surface area contributed by atoms with E-state index in [1.807, 2.05) is 30.3 Å². The lowest BCUT2D eigenvalue weighted by Crippen LogP contribution is -2.41. The lowest BCUT2D eigenvalue weighted by molar-refractivity contribution is -0.137. The molecule has 1 amide bonds. The number of pyridine rings is 1. The monoisotopic (exact) mass is 402 g/mol. The summed E-state index contributed by atoms with van der Waals surface area (Å²) in [5, 5.41) is 0.933. The van der Waals surface area contributed by atoms with Gasteiger partial charge in [-0.15, -0.1) is 0 Å². The van der Waals surface area contributed by atoms with Crippen molar-refractivity contribution in [3.05, 3.63) is 77.5 Å². The summed E-state index contributed by atoms with van der Waals surface area (Å²) in [4.78, 5) is 19.2. The highest BCUT2D eigenvalue weighted by Gasteiger charge is 2.34. The summed E-state index contributed by atoms with van der Waals surface area (Å²) < 4.78 is 39.3. The van der Waals surface area contributed by atoms with E-state index in [0.717, 1.165) is 28.8 Å². The molecule has 0 aliphatic carbocycles. The van der Waals surface area contributed by atoms with Crippen molar-refractivity contribution >= 4 is 28.6 Å². The Labute approximate surface area is 164 Å². The fraction of sp³-hybridized carbons (Fsp3) is 0.238. The van der Waals surface area contributed by atoms with Crippen LogP contribution in [0.1, 0.15) is 27.7 Å². The number of rotatable bonds is 2. The van der Waals surface area contributed by atoms with Crippen molar-refractivity contribution in [1.29, 1.82) is 0 Å². The Morgan fingerprint density at radius 3 is 2.71 bits per heavy atom. The Morgan fingerprint density at radius 1 is 1.07 bits per heavy atom. The van der Waals surface area contributed by atoms with Gasteiger partial charge in [0.25, 0.3) is 5.91 Å². The Morgan fingerprint density at radius 2 is 1.89 bits per heavy atom. The van der Waals surface area contributed by atoms with Crippen molar-refractivity contribution in [3.8, 4) is 0 Å².